The number of aldehydes is 1. The molecule has 0 heterocycles. The molecule has 1 aromatic rings. The third-order valence-corrected chi connectivity index (χ3v) is 1.98. The maximum atomic E-state index is 10.8. The molecule has 1 rings (SSSR count). The second-order valence-electron chi connectivity index (χ2n) is 2.83. The van der Waals surface area contributed by atoms with Crippen molar-refractivity contribution in [2.75, 3.05) is 14.2 Å². The van der Waals surface area contributed by atoms with Crippen LogP contribution in [0.2, 0.25) is 0 Å². The van der Waals surface area contributed by atoms with Crippen LogP contribution >= 0.6 is 0 Å². The molecular weight excluding hydrogens is 199 g/mol. The summed E-state index contributed by atoms with van der Waals surface area (Å²) in [6.07, 6.45) is 0.588. The minimum Gasteiger partial charge on any atom is -0.496 e. The predicted molar refractivity (Wildman–Crippen MR) is 54.8 cm³/mol. The summed E-state index contributed by atoms with van der Waals surface area (Å²) < 4.78 is 9.87. The number of hydrogen-bond acceptors (Lipinski definition) is 5. The van der Waals surface area contributed by atoms with Crippen molar-refractivity contribution in [3.63, 3.8) is 0 Å². The molecule has 0 unspecified atom stereocenters. The molecule has 1 aromatic carbocycles. The van der Waals surface area contributed by atoms with Crippen molar-refractivity contribution >= 4 is 18.9 Å². The molecule has 80 valence electrons. The highest BCUT2D eigenvalue weighted by Gasteiger charge is 2.18. The number of carbonyl (C=O) groups is 1. The van der Waals surface area contributed by atoms with Gasteiger partial charge in [0.05, 0.1) is 19.8 Å². The summed E-state index contributed by atoms with van der Waals surface area (Å²) in [5, 5.41) is 18.0. The lowest BCUT2D eigenvalue weighted by molar-refractivity contribution is 0.111. The van der Waals surface area contributed by atoms with Crippen LogP contribution in [0.15, 0.2) is 12.1 Å². The van der Waals surface area contributed by atoms with Gasteiger partial charge in [0.2, 0.25) is 0 Å². The van der Waals surface area contributed by atoms with Gasteiger partial charge in [-0.25, -0.2) is 0 Å². The molecule has 0 aliphatic rings. The van der Waals surface area contributed by atoms with Crippen molar-refractivity contribution in [1.29, 1.82) is 0 Å². The van der Waals surface area contributed by atoms with Gasteiger partial charge in [-0.1, -0.05) is 0 Å². The van der Waals surface area contributed by atoms with Crippen LogP contribution in [0.25, 0.3) is 0 Å². The quantitative estimate of drug-likeness (QED) is 0.502. The first kappa shape index (κ1) is 11.5. The Bertz CT molecular complexity index is 339. The normalized spacial score (nSPS) is 9.60. The zero-order valence-corrected chi connectivity index (χ0v) is 8.43. The van der Waals surface area contributed by atoms with Gasteiger partial charge in [0.15, 0.2) is 6.29 Å². The van der Waals surface area contributed by atoms with Crippen molar-refractivity contribution in [3.8, 4) is 11.5 Å². The highest BCUT2D eigenvalue weighted by atomic mass is 16.5. The Kier molecular flexibility index (Phi) is 3.71. The molecule has 0 radical (unpaired) electrons. The summed E-state index contributed by atoms with van der Waals surface area (Å²) in [5.41, 5.74) is 0.443. The molecule has 0 spiro atoms. The van der Waals surface area contributed by atoms with E-state index in [1.54, 1.807) is 0 Å². The molecule has 0 fully saturated rings. The lowest BCUT2D eigenvalue weighted by Gasteiger charge is -2.11. The van der Waals surface area contributed by atoms with E-state index >= 15 is 0 Å². The molecule has 0 saturated heterocycles. The van der Waals surface area contributed by atoms with Crippen LogP contribution in [-0.4, -0.2) is 37.7 Å². The van der Waals surface area contributed by atoms with Crippen LogP contribution in [0.1, 0.15) is 10.4 Å². The van der Waals surface area contributed by atoms with Crippen LogP contribution in [-0.2, 0) is 0 Å². The first-order valence-electron chi connectivity index (χ1n) is 4.21. The molecule has 6 heteroatoms. The second-order valence-corrected chi connectivity index (χ2v) is 2.83. The summed E-state index contributed by atoms with van der Waals surface area (Å²) in [6, 6.07) is 2.74. The molecule has 0 saturated carbocycles. The molecule has 0 aliphatic heterocycles. The minimum absolute atomic E-state index is 0.203. The molecular formula is C9H11BO5. The van der Waals surface area contributed by atoms with Crippen LogP contribution in [0.5, 0.6) is 11.5 Å². The van der Waals surface area contributed by atoms with E-state index in [2.05, 4.69) is 0 Å². The van der Waals surface area contributed by atoms with Crippen LogP contribution in [0.3, 0.4) is 0 Å². The van der Waals surface area contributed by atoms with Crippen molar-refractivity contribution in [2.45, 2.75) is 0 Å². The Morgan fingerprint density at radius 1 is 1.20 bits per heavy atom. The van der Waals surface area contributed by atoms with E-state index in [-0.39, 0.29) is 22.5 Å². The van der Waals surface area contributed by atoms with Crippen LogP contribution in [0.4, 0.5) is 0 Å². The van der Waals surface area contributed by atoms with E-state index in [4.69, 9.17) is 19.5 Å². The van der Waals surface area contributed by atoms with Gasteiger partial charge in [0.1, 0.15) is 11.5 Å². The monoisotopic (exact) mass is 210 g/mol. The third kappa shape index (κ3) is 2.29. The number of rotatable bonds is 4. The van der Waals surface area contributed by atoms with Crippen LogP contribution < -0.4 is 14.9 Å². The first-order valence-corrected chi connectivity index (χ1v) is 4.21. The predicted octanol–water partition coefficient (Wildman–Crippen LogP) is -0.804. The Morgan fingerprint density at radius 2 is 1.67 bits per heavy atom. The summed E-state index contributed by atoms with van der Waals surface area (Å²) in [7, 11) is 1.14. The number of ether oxygens (including phenoxy) is 2. The van der Waals surface area contributed by atoms with E-state index < -0.39 is 7.12 Å². The fourth-order valence-corrected chi connectivity index (χ4v) is 1.22. The average Bonchev–Trinajstić information content (AvgIpc) is 2.26. The fourth-order valence-electron chi connectivity index (χ4n) is 1.22. The standard InChI is InChI=1S/C9H11BO5/c1-14-8-3-6(10(12)13)4-9(15-2)7(8)5-11/h3-5,12-13H,1-2H3. The number of hydrogen-bond donors (Lipinski definition) is 2. The van der Waals surface area contributed by atoms with Gasteiger partial charge >= 0.3 is 7.12 Å². The van der Waals surface area contributed by atoms with Crippen molar-refractivity contribution in [2.24, 2.45) is 0 Å². The molecule has 0 aromatic heterocycles. The fraction of sp³-hybridized carbons (Fsp3) is 0.222. The highest BCUT2D eigenvalue weighted by molar-refractivity contribution is 6.58. The number of methoxy groups -OCH3 is 2. The molecule has 0 bridgehead atoms. The zero-order valence-electron chi connectivity index (χ0n) is 8.43. The molecule has 15 heavy (non-hydrogen) atoms. The van der Waals surface area contributed by atoms with Crippen molar-refractivity contribution in [1.82, 2.24) is 0 Å². The third-order valence-electron chi connectivity index (χ3n) is 1.98. The van der Waals surface area contributed by atoms with Gasteiger partial charge in [-0.3, -0.25) is 4.79 Å². The van der Waals surface area contributed by atoms with Gasteiger partial charge in [0.25, 0.3) is 0 Å². The smallest absolute Gasteiger partial charge is 0.488 e. The summed E-state index contributed by atoms with van der Waals surface area (Å²) in [5.74, 6) is 0.486. The van der Waals surface area contributed by atoms with E-state index in [1.165, 1.54) is 26.4 Å². The number of benzene rings is 1. The van der Waals surface area contributed by atoms with Crippen molar-refractivity contribution < 1.29 is 24.3 Å². The molecule has 0 amide bonds. The molecule has 5 nitrogen and oxygen atoms in total. The summed E-state index contributed by atoms with van der Waals surface area (Å²) in [6.45, 7) is 0. The maximum Gasteiger partial charge on any atom is 0.488 e. The SMILES string of the molecule is COc1cc(B(O)O)cc(OC)c1C=O. The molecule has 0 aliphatic carbocycles. The number of carbonyl (C=O) groups excluding carboxylic acids is 1. The van der Waals surface area contributed by atoms with Gasteiger partial charge in [-0.05, 0) is 17.6 Å². The van der Waals surface area contributed by atoms with Gasteiger partial charge in [-0.15, -0.1) is 0 Å². The summed E-state index contributed by atoms with van der Waals surface area (Å²) in [4.78, 5) is 10.8. The minimum atomic E-state index is -1.63. The lowest BCUT2D eigenvalue weighted by atomic mass is 9.79. The lowest BCUT2D eigenvalue weighted by Crippen LogP contribution is -2.30. The Labute approximate surface area is 87.4 Å². The van der Waals surface area contributed by atoms with Crippen molar-refractivity contribution in [3.05, 3.63) is 17.7 Å². The van der Waals surface area contributed by atoms with Crippen LogP contribution in [0, 0.1) is 0 Å². The maximum absolute atomic E-state index is 10.8. The van der Waals surface area contributed by atoms with E-state index in [0.29, 0.717) is 6.29 Å². The van der Waals surface area contributed by atoms with Gasteiger partial charge < -0.3 is 19.5 Å². The molecule has 0 atom stereocenters. The van der Waals surface area contributed by atoms with Gasteiger partial charge in [0, 0.05) is 0 Å². The highest BCUT2D eigenvalue weighted by Crippen LogP contribution is 2.25. The van der Waals surface area contributed by atoms with Gasteiger partial charge in [-0.2, -0.15) is 0 Å². The van der Waals surface area contributed by atoms with E-state index in [0.717, 1.165) is 0 Å². The summed E-state index contributed by atoms with van der Waals surface area (Å²) >= 11 is 0. The Morgan fingerprint density at radius 3 is 1.93 bits per heavy atom. The first-order chi connectivity index (χ1) is 7.13. The topological polar surface area (TPSA) is 76.0 Å². The average molecular weight is 210 g/mol. The second kappa shape index (κ2) is 4.81. The zero-order chi connectivity index (χ0) is 11.4. The largest absolute Gasteiger partial charge is 0.496 e. The Hall–Kier alpha value is -1.53. The van der Waals surface area contributed by atoms with E-state index in [1.807, 2.05) is 0 Å². The van der Waals surface area contributed by atoms with E-state index in [9.17, 15) is 4.79 Å². The molecule has 2 N–H and O–H groups in total. The Balaban J connectivity index is 3.35.